The van der Waals surface area contributed by atoms with E-state index in [0.717, 1.165) is 0 Å². The Morgan fingerprint density at radius 1 is 1.23 bits per heavy atom. The number of pyridine rings is 1. The lowest BCUT2D eigenvalue weighted by molar-refractivity contribution is -0.136. The Labute approximate surface area is 128 Å². The first-order valence-electron chi connectivity index (χ1n) is 7.24. The van der Waals surface area contributed by atoms with Crippen LogP contribution in [0.3, 0.4) is 0 Å². The fraction of sp³-hybridized carbons (Fsp3) is 0.353. The second kappa shape index (κ2) is 7.02. The fourth-order valence-electron chi connectivity index (χ4n) is 2.12. The Bertz CT molecular complexity index is 694. The summed E-state index contributed by atoms with van der Waals surface area (Å²) in [5, 5.41) is 9.40. The highest BCUT2D eigenvalue weighted by Crippen LogP contribution is 2.28. The standard InChI is InChI=1S/C17H19NO4/c1-11(2)10-22-15-7-5-12(14(19)6-8-16(20)21)13-4-3-9-18-17(13)15/h3-5,7,9,11H,6,8,10H2,1-2H3,(H,20,21). The molecule has 0 radical (unpaired) electrons. The van der Waals surface area contributed by atoms with Crippen LogP contribution in [0.1, 0.15) is 37.0 Å². The van der Waals surface area contributed by atoms with Gasteiger partial charge in [0.1, 0.15) is 11.3 Å². The lowest BCUT2D eigenvalue weighted by atomic mass is 10.0. The topological polar surface area (TPSA) is 76.5 Å². The maximum atomic E-state index is 12.2. The SMILES string of the molecule is CC(C)COc1ccc(C(=O)CCC(=O)O)c2cccnc12. The Hall–Kier alpha value is -2.43. The normalized spacial score (nSPS) is 10.9. The molecule has 2 aromatic rings. The van der Waals surface area contributed by atoms with E-state index in [9.17, 15) is 9.59 Å². The molecule has 0 aliphatic carbocycles. The highest BCUT2D eigenvalue weighted by molar-refractivity contribution is 6.09. The van der Waals surface area contributed by atoms with Gasteiger partial charge in [-0.25, -0.2) is 0 Å². The number of carboxylic acid groups (broad SMARTS) is 1. The number of nitrogens with zero attached hydrogens (tertiary/aromatic N) is 1. The quantitative estimate of drug-likeness (QED) is 0.794. The summed E-state index contributed by atoms with van der Waals surface area (Å²) in [7, 11) is 0. The minimum atomic E-state index is -0.979. The number of aromatic nitrogens is 1. The van der Waals surface area contributed by atoms with Gasteiger partial charge < -0.3 is 9.84 Å². The largest absolute Gasteiger partial charge is 0.491 e. The van der Waals surface area contributed by atoms with E-state index < -0.39 is 5.97 Å². The second-order valence-corrected chi connectivity index (χ2v) is 5.53. The van der Waals surface area contributed by atoms with Gasteiger partial charge in [-0.2, -0.15) is 0 Å². The van der Waals surface area contributed by atoms with Crippen LogP contribution in [0.2, 0.25) is 0 Å². The summed E-state index contributed by atoms with van der Waals surface area (Å²) >= 11 is 0. The summed E-state index contributed by atoms with van der Waals surface area (Å²) in [6.07, 6.45) is 1.45. The van der Waals surface area contributed by atoms with Gasteiger partial charge in [-0.15, -0.1) is 0 Å². The molecule has 0 saturated heterocycles. The number of hydrogen-bond donors (Lipinski definition) is 1. The molecule has 0 aliphatic heterocycles. The molecule has 1 heterocycles. The molecule has 1 aromatic carbocycles. The third-order valence-electron chi connectivity index (χ3n) is 3.17. The van der Waals surface area contributed by atoms with E-state index in [1.165, 1.54) is 0 Å². The van der Waals surface area contributed by atoms with Crippen molar-refractivity contribution in [2.75, 3.05) is 6.61 Å². The number of benzene rings is 1. The van der Waals surface area contributed by atoms with Gasteiger partial charge in [0.05, 0.1) is 13.0 Å². The number of fused-ring (bicyclic) bond motifs is 1. The molecular formula is C17H19NO4. The van der Waals surface area contributed by atoms with Crippen LogP contribution in [-0.2, 0) is 4.79 Å². The van der Waals surface area contributed by atoms with Crippen molar-refractivity contribution in [1.29, 1.82) is 0 Å². The minimum Gasteiger partial charge on any atom is -0.491 e. The smallest absolute Gasteiger partial charge is 0.303 e. The van der Waals surface area contributed by atoms with E-state index in [-0.39, 0.29) is 18.6 Å². The van der Waals surface area contributed by atoms with Crippen LogP contribution in [0.15, 0.2) is 30.5 Å². The van der Waals surface area contributed by atoms with Gasteiger partial charge in [-0.1, -0.05) is 19.9 Å². The Kier molecular flexibility index (Phi) is 5.09. The van der Waals surface area contributed by atoms with Gasteiger partial charge in [0.15, 0.2) is 5.78 Å². The highest BCUT2D eigenvalue weighted by Gasteiger charge is 2.15. The number of Topliss-reactive ketones (excluding diaryl/α,β-unsaturated/α-hetero) is 1. The van der Waals surface area contributed by atoms with E-state index in [1.54, 1.807) is 30.5 Å². The van der Waals surface area contributed by atoms with Crippen LogP contribution in [0.25, 0.3) is 10.9 Å². The molecule has 5 heteroatoms. The number of aliphatic carboxylic acids is 1. The zero-order valence-corrected chi connectivity index (χ0v) is 12.7. The zero-order valence-electron chi connectivity index (χ0n) is 12.7. The number of carboxylic acids is 1. The molecule has 0 bridgehead atoms. The number of hydrogen-bond acceptors (Lipinski definition) is 4. The number of carbonyl (C=O) groups excluding carboxylic acids is 1. The second-order valence-electron chi connectivity index (χ2n) is 5.53. The molecule has 1 N–H and O–H groups in total. The molecule has 0 fully saturated rings. The Morgan fingerprint density at radius 2 is 2.00 bits per heavy atom. The summed E-state index contributed by atoms with van der Waals surface area (Å²) < 4.78 is 5.75. The van der Waals surface area contributed by atoms with Crippen LogP contribution < -0.4 is 4.74 Å². The number of carbonyl (C=O) groups is 2. The highest BCUT2D eigenvalue weighted by atomic mass is 16.5. The fourth-order valence-corrected chi connectivity index (χ4v) is 2.12. The number of rotatable bonds is 7. The Balaban J connectivity index is 2.35. The van der Waals surface area contributed by atoms with Crippen LogP contribution in [-0.4, -0.2) is 28.4 Å². The van der Waals surface area contributed by atoms with Crippen LogP contribution in [0.5, 0.6) is 5.75 Å². The number of ketones is 1. The molecule has 2 rings (SSSR count). The minimum absolute atomic E-state index is 0.0223. The summed E-state index contributed by atoms with van der Waals surface area (Å²) in [4.78, 5) is 27.1. The van der Waals surface area contributed by atoms with Gasteiger partial charge in [0.2, 0.25) is 0 Å². The first-order chi connectivity index (χ1) is 10.5. The van der Waals surface area contributed by atoms with Crippen molar-refractivity contribution in [1.82, 2.24) is 4.98 Å². The summed E-state index contributed by atoms with van der Waals surface area (Å²) in [6, 6.07) is 6.97. The van der Waals surface area contributed by atoms with Crippen molar-refractivity contribution in [2.45, 2.75) is 26.7 Å². The van der Waals surface area contributed by atoms with Crippen LogP contribution >= 0.6 is 0 Å². The van der Waals surface area contributed by atoms with Crippen molar-refractivity contribution >= 4 is 22.7 Å². The number of ether oxygens (including phenoxy) is 1. The van der Waals surface area contributed by atoms with Gasteiger partial charge >= 0.3 is 5.97 Å². The van der Waals surface area contributed by atoms with E-state index in [2.05, 4.69) is 18.8 Å². The first kappa shape index (κ1) is 15.9. The van der Waals surface area contributed by atoms with Gasteiger partial charge in [-0.3, -0.25) is 14.6 Å². The maximum Gasteiger partial charge on any atom is 0.303 e. The molecule has 0 unspecified atom stereocenters. The molecule has 5 nitrogen and oxygen atoms in total. The van der Waals surface area contributed by atoms with E-state index >= 15 is 0 Å². The van der Waals surface area contributed by atoms with E-state index in [1.807, 2.05) is 0 Å². The van der Waals surface area contributed by atoms with E-state index in [4.69, 9.17) is 9.84 Å². The maximum absolute atomic E-state index is 12.2. The van der Waals surface area contributed by atoms with Crippen LogP contribution in [0, 0.1) is 5.92 Å². The Morgan fingerprint density at radius 3 is 2.68 bits per heavy atom. The molecule has 1 aromatic heterocycles. The van der Waals surface area contributed by atoms with Gasteiger partial charge in [0.25, 0.3) is 0 Å². The molecule has 0 spiro atoms. The van der Waals surface area contributed by atoms with Crippen molar-refractivity contribution in [3.63, 3.8) is 0 Å². The third-order valence-corrected chi connectivity index (χ3v) is 3.17. The average molecular weight is 301 g/mol. The first-order valence-corrected chi connectivity index (χ1v) is 7.24. The molecule has 0 amide bonds. The lowest BCUT2D eigenvalue weighted by Crippen LogP contribution is -2.07. The predicted octanol–water partition coefficient (Wildman–Crippen LogP) is 3.32. The van der Waals surface area contributed by atoms with E-state index in [0.29, 0.717) is 34.7 Å². The predicted molar refractivity (Wildman–Crippen MR) is 83.3 cm³/mol. The lowest BCUT2D eigenvalue weighted by Gasteiger charge is -2.12. The van der Waals surface area contributed by atoms with Crippen LogP contribution in [0.4, 0.5) is 0 Å². The van der Waals surface area contributed by atoms with Gasteiger partial charge in [0, 0.05) is 23.6 Å². The summed E-state index contributed by atoms with van der Waals surface area (Å²) in [6.45, 7) is 4.68. The third kappa shape index (κ3) is 3.81. The van der Waals surface area contributed by atoms with Crippen molar-refractivity contribution in [3.05, 3.63) is 36.0 Å². The average Bonchev–Trinajstić information content (AvgIpc) is 2.50. The molecule has 0 atom stereocenters. The molecule has 22 heavy (non-hydrogen) atoms. The molecule has 116 valence electrons. The zero-order chi connectivity index (χ0) is 16.1. The summed E-state index contributed by atoms with van der Waals surface area (Å²) in [5.74, 6) is -0.154. The molecular weight excluding hydrogens is 282 g/mol. The molecule has 0 saturated carbocycles. The monoisotopic (exact) mass is 301 g/mol. The van der Waals surface area contributed by atoms with Crippen molar-refractivity contribution in [2.24, 2.45) is 5.92 Å². The van der Waals surface area contributed by atoms with Crippen molar-refractivity contribution in [3.8, 4) is 5.75 Å². The summed E-state index contributed by atoms with van der Waals surface area (Å²) in [5.41, 5.74) is 1.12. The van der Waals surface area contributed by atoms with Crippen molar-refractivity contribution < 1.29 is 19.4 Å². The molecule has 0 aliphatic rings. The van der Waals surface area contributed by atoms with Gasteiger partial charge in [-0.05, 0) is 24.1 Å².